The van der Waals surface area contributed by atoms with Gasteiger partial charge >= 0.3 is 0 Å². The molecule has 0 aromatic heterocycles. The second-order valence-corrected chi connectivity index (χ2v) is 5.33. The summed E-state index contributed by atoms with van der Waals surface area (Å²) >= 11 is 3.45. The summed E-state index contributed by atoms with van der Waals surface area (Å²) in [6.07, 6.45) is 0. The summed E-state index contributed by atoms with van der Waals surface area (Å²) in [7, 11) is 2.23. The van der Waals surface area contributed by atoms with E-state index in [2.05, 4.69) is 80.4 Å². The van der Waals surface area contributed by atoms with Gasteiger partial charge in [0.25, 0.3) is 0 Å². The van der Waals surface area contributed by atoms with Gasteiger partial charge in [0.15, 0.2) is 7.28 Å². The zero-order chi connectivity index (χ0) is 12.4. The fourth-order valence-electron chi connectivity index (χ4n) is 1.87. The van der Waals surface area contributed by atoms with Crippen molar-refractivity contribution in [3.63, 3.8) is 0 Å². The van der Waals surface area contributed by atoms with Gasteiger partial charge in [0.05, 0.1) is 0 Å². The van der Waals surface area contributed by atoms with E-state index in [-0.39, 0.29) is 0 Å². The summed E-state index contributed by atoms with van der Waals surface area (Å²) in [5, 5.41) is 0. The molecule has 0 nitrogen and oxygen atoms in total. The average Bonchev–Trinajstić information content (AvgIpc) is 2.33. The third kappa shape index (κ3) is 2.81. The third-order valence-electron chi connectivity index (χ3n) is 3.29. The van der Waals surface area contributed by atoms with Gasteiger partial charge in [-0.05, 0) is 44.0 Å². The molecule has 0 spiro atoms. The van der Waals surface area contributed by atoms with E-state index in [1.54, 1.807) is 0 Å². The van der Waals surface area contributed by atoms with Crippen LogP contribution in [0.15, 0.2) is 40.9 Å². The normalized spacial score (nSPS) is 10.4. The van der Waals surface area contributed by atoms with Gasteiger partial charge in [-0.1, -0.05) is 56.7 Å². The van der Waals surface area contributed by atoms with E-state index in [4.69, 9.17) is 0 Å². The molecule has 0 saturated heterocycles. The smallest absolute Gasteiger partial charge is 0.0813 e. The Morgan fingerprint density at radius 1 is 0.824 bits per heavy atom. The lowest BCUT2D eigenvalue weighted by Crippen LogP contribution is -2.29. The van der Waals surface area contributed by atoms with Crippen LogP contribution in [0.3, 0.4) is 0 Å². The molecule has 0 amide bonds. The van der Waals surface area contributed by atoms with Crippen molar-refractivity contribution in [2.75, 3.05) is 0 Å². The molecule has 0 saturated carbocycles. The van der Waals surface area contributed by atoms with Gasteiger partial charge in [-0.2, -0.15) is 0 Å². The monoisotopic (exact) mass is 285 g/mol. The van der Waals surface area contributed by atoms with Crippen LogP contribution in [-0.2, 0) is 0 Å². The lowest BCUT2D eigenvalue weighted by molar-refractivity contribution is 1.28. The van der Waals surface area contributed by atoms with Crippen molar-refractivity contribution in [1.82, 2.24) is 0 Å². The van der Waals surface area contributed by atoms with Crippen LogP contribution < -0.4 is 10.9 Å². The molecular formula is C15H15BBr. The number of hydrogen-bond donors (Lipinski definition) is 0. The highest BCUT2D eigenvalue weighted by molar-refractivity contribution is 9.10. The first-order chi connectivity index (χ1) is 8.08. The zero-order valence-corrected chi connectivity index (χ0v) is 12.0. The van der Waals surface area contributed by atoms with Crippen LogP contribution in [0.25, 0.3) is 0 Å². The van der Waals surface area contributed by atoms with Crippen molar-refractivity contribution in [3.8, 4) is 0 Å². The first kappa shape index (κ1) is 12.4. The van der Waals surface area contributed by atoms with Crippen LogP contribution in [0.4, 0.5) is 0 Å². The Labute approximate surface area is 112 Å². The molecule has 2 heteroatoms. The molecule has 17 heavy (non-hydrogen) atoms. The molecule has 0 bridgehead atoms. The fraction of sp³-hybridized carbons (Fsp3) is 0.200. The van der Waals surface area contributed by atoms with Crippen molar-refractivity contribution in [3.05, 3.63) is 57.6 Å². The van der Waals surface area contributed by atoms with Crippen molar-refractivity contribution in [2.24, 2.45) is 0 Å². The number of benzene rings is 2. The number of halogens is 1. The highest BCUT2D eigenvalue weighted by Crippen LogP contribution is 2.09. The molecule has 2 rings (SSSR count). The van der Waals surface area contributed by atoms with Crippen LogP contribution in [-0.4, -0.2) is 7.28 Å². The van der Waals surface area contributed by atoms with Gasteiger partial charge in [0.2, 0.25) is 0 Å². The lowest BCUT2D eigenvalue weighted by atomic mass is 9.62. The minimum Gasteiger partial charge on any atom is -0.0813 e. The molecule has 0 N–H and O–H groups in total. The Morgan fingerprint density at radius 2 is 1.47 bits per heavy atom. The number of aryl methyl sites for hydroxylation is 1. The largest absolute Gasteiger partial charge is 0.191 e. The van der Waals surface area contributed by atoms with Gasteiger partial charge in [-0.15, -0.1) is 0 Å². The predicted molar refractivity (Wildman–Crippen MR) is 79.8 cm³/mol. The highest BCUT2D eigenvalue weighted by atomic mass is 79.9. The standard InChI is InChI=1S/C15H15BBr/c1-10-4-9-15(12(3)11(10)2)16-13-5-7-14(17)8-6-13/h4-9H,1-3H3. The summed E-state index contributed by atoms with van der Waals surface area (Å²) in [6, 6.07) is 12.8. The van der Waals surface area contributed by atoms with E-state index in [9.17, 15) is 0 Å². The summed E-state index contributed by atoms with van der Waals surface area (Å²) in [6.45, 7) is 6.53. The SMILES string of the molecule is Cc1ccc([B]c2ccc(Br)cc2)c(C)c1C. The molecule has 85 valence electrons. The quantitative estimate of drug-likeness (QED) is 0.744. The maximum atomic E-state index is 3.45. The molecule has 0 aliphatic rings. The van der Waals surface area contributed by atoms with E-state index in [0.29, 0.717) is 0 Å². The van der Waals surface area contributed by atoms with E-state index < -0.39 is 0 Å². The minimum absolute atomic E-state index is 1.12. The molecule has 0 heterocycles. The minimum atomic E-state index is 1.12. The van der Waals surface area contributed by atoms with Crippen molar-refractivity contribution < 1.29 is 0 Å². The average molecular weight is 286 g/mol. The lowest BCUT2D eigenvalue weighted by Gasteiger charge is -2.10. The molecule has 2 aromatic rings. The molecule has 0 unspecified atom stereocenters. The van der Waals surface area contributed by atoms with Gasteiger partial charge in [0, 0.05) is 4.47 Å². The summed E-state index contributed by atoms with van der Waals surface area (Å²) in [5.74, 6) is 0. The van der Waals surface area contributed by atoms with Crippen LogP contribution in [0, 0.1) is 20.8 Å². The molecule has 0 atom stereocenters. The second-order valence-electron chi connectivity index (χ2n) is 4.42. The van der Waals surface area contributed by atoms with Gasteiger partial charge in [0.1, 0.15) is 0 Å². The first-order valence-electron chi connectivity index (χ1n) is 5.75. The molecule has 2 aromatic carbocycles. The Hall–Kier alpha value is -1.02. The molecule has 0 aliphatic heterocycles. The molecule has 0 aliphatic carbocycles. The number of rotatable bonds is 2. The van der Waals surface area contributed by atoms with E-state index in [1.807, 2.05) is 0 Å². The van der Waals surface area contributed by atoms with Gasteiger partial charge < -0.3 is 0 Å². The Balaban J connectivity index is 2.30. The Kier molecular flexibility index (Phi) is 3.73. The topological polar surface area (TPSA) is 0 Å². The maximum Gasteiger partial charge on any atom is 0.191 e. The highest BCUT2D eigenvalue weighted by Gasteiger charge is 2.05. The maximum absolute atomic E-state index is 3.45. The van der Waals surface area contributed by atoms with Gasteiger partial charge in [-0.3, -0.25) is 0 Å². The van der Waals surface area contributed by atoms with Crippen LogP contribution >= 0.6 is 15.9 Å². The van der Waals surface area contributed by atoms with Crippen LogP contribution in [0.5, 0.6) is 0 Å². The first-order valence-corrected chi connectivity index (χ1v) is 6.54. The third-order valence-corrected chi connectivity index (χ3v) is 3.82. The van der Waals surface area contributed by atoms with Crippen molar-refractivity contribution >= 4 is 34.1 Å². The van der Waals surface area contributed by atoms with Crippen molar-refractivity contribution in [1.29, 1.82) is 0 Å². The van der Waals surface area contributed by atoms with Crippen LogP contribution in [0.2, 0.25) is 0 Å². The van der Waals surface area contributed by atoms with E-state index in [0.717, 1.165) is 4.47 Å². The van der Waals surface area contributed by atoms with E-state index in [1.165, 1.54) is 27.6 Å². The summed E-state index contributed by atoms with van der Waals surface area (Å²) in [5.41, 5.74) is 6.65. The fourth-order valence-corrected chi connectivity index (χ4v) is 2.14. The Bertz CT molecular complexity index is 529. The molecule has 0 fully saturated rings. The molecule has 1 radical (unpaired) electrons. The second kappa shape index (κ2) is 5.09. The van der Waals surface area contributed by atoms with Gasteiger partial charge in [-0.25, -0.2) is 0 Å². The summed E-state index contributed by atoms with van der Waals surface area (Å²) < 4.78 is 1.12. The van der Waals surface area contributed by atoms with E-state index >= 15 is 0 Å². The predicted octanol–water partition coefficient (Wildman–Crippen LogP) is 3.03. The van der Waals surface area contributed by atoms with Crippen molar-refractivity contribution in [2.45, 2.75) is 20.8 Å². The number of hydrogen-bond acceptors (Lipinski definition) is 0. The molecular weight excluding hydrogens is 271 g/mol. The van der Waals surface area contributed by atoms with Crippen LogP contribution in [0.1, 0.15) is 16.7 Å². The zero-order valence-electron chi connectivity index (χ0n) is 10.4. The summed E-state index contributed by atoms with van der Waals surface area (Å²) in [4.78, 5) is 0. The Morgan fingerprint density at radius 3 is 2.12 bits per heavy atom.